The molecular weight excluding hydrogens is 386 g/mol. The maximum Gasteiger partial charge on any atom is 0.330 e. The molecule has 1 aromatic heterocycles. The zero-order valence-corrected chi connectivity index (χ0v) is 17.5. The van der Waals surface area contributed by atoms with Crippen LogP contribution in [-0.2, 0) is 11.3 Å². The van der Waals surface area contributed by atoms with Crippen LogP contribution in [-0.4, -0.2) is 28.1 Å². The molecule has 0 unspecified atom stereocenters. The Bertz CT molecular complexity index is 1030. The number of carbonyl (C=O) groups excluding carboxylic acids is 1. The molecule has 1 amide bonds. The van der Waals surface area contributed by atoms with Gasteiger partial charge in [0.25, 0.3) is 11.5 Å². The number of unbranched alkanes of at least 4 members (excludes halogenated alkanes) is 1. The molecule has 0 spiro atoms. The van der Waals surface area contributed by atoms with Gasteiger partial charge in [0.15, 0.2) is 11.8 Å². The van der Waals surface area contributed by atoms with Crippen molar-refractivity contribution in [3.05, 3.63) is 50.7 Å². The van der Waals surface area contributed by atoms with E-state index in [4.69, 9.17) is 15.7 Å². The summed E-state index contributed by atoms with van der Waals surface area (Å²) in [5, 5.41) is 8.89. The van der Waals surface area contributed by atoms with Crippen molar-refractivity contribution in [3.8, 4) is 11.8 Å². The summed E-state index contributed by atoms with van der Waals surface area (Å²) in [4.78, 5) is 41.4. The van der Waals surface area contributed by atoms with E-state index in [1.165, 1.54) is 9.47 Å². The van der Waals surface area contributed by atoms with Crippen molar-refractivity contribution in [2.24, 2.45) is 0 Å². The van der Waals surface area contributed by atoms with Gasteiger partial charge in [-0.1, -0.05) is 20.3 Å². The summed E-state index contributed by atoms with van der Waals surface area (Å²) in [5.41, 5.74) is 5.26. The predicted octanol–water partition coefficient (Wildman–Crippen LogP) is 2.00. The average molecular weight is 413 g/mol. The van der Waals surface area contributed by atoms with E-state index >= 15 is 0 Å². The predicted molar refractivity (Wildman–Crippen MR) is 115 cm³/mol. The zero-order chi connectivity index (χ0) is 22.3. The number of nitrogens with one attached hydrogen (secondary N) is 1. The molecule has 1 heterocycles. The molecule has 2 aromatic rings. The minimum absolute atomic E-state index is 0.0411. The highest BCUT2D eigenvalue weighted by atomic mass is 16.5. The number of nitriles is 1. The number of aromatic amines is 1. The summed E-state index contributed by atoms with van der Waals surface area (Å²) in [6.07, 6.45) is 1.15. The van der Waals surface area contributed by atoms with E-state index < -0.39 is 23.3 Å². The topological polar surface area (TPSA) is 134 Å². The fraction of sp³-hybridized carbons (Fsp3) is 0.429. The fourth-order valence-corrected chi connectivity index (χ4v) is 3.01. The van der Waals surface area contributed by atoms with Crippen LogP contribution in [0.2, 0.25) is 0 Å². The summed E-state index contributed by atoms with van der Waals surface area (Å²) >= 11 is 0. The van der Waals surface area contributed by atoms with Crippen LogP contribution in [0.3, 0.4) is 0 Å². The minimum Gasteiger partial charge on any atom is -0.481 e. The highest BCUT2D eigenvalue weighted by Crippen LogP contribution is 2.21. The van der Waals surface area contributed by atoms with Crippen LogP contribution >= 0.6 is 0 Å². The van der Waals surface area contributed by atoms with Gasteiger partial charge in [-0.25, -0.2) is 4.79 Å². The van der Waals surface area contributed by atoms with Crippen LogP contribution in [0.5, 0.6) is 5.75 Å². The second-order valence-corrected chi connectivity index (χ2v) is 6.88. The first-order valence-electron chi connectivity index (χ1n) is 9.94. The largest absolute Gasteiger partial charge is 0.481 e. The smallest absolute Gasteiger partial charge is 0.330 e. The van der Waals surface area contributed by atoms with Gasteiger partial charge in [0.1, 0.15) is 11.6 Å². The number of rotatable bonds is 9. The lowest BCUT2D eigenvalue weighted by atomic mass is 10.2. The molecule has 0 saturated heterocycles. The van der Waals surface area contributed by atoms with Gasteiger partial charge in [-0.3, -0.25) is 19.1 Å². The normalized spacial score (nSPS) is 11.5. The third kappa shape index (κ3) is 5.08. The third-order valence-corrected chi connectivity index (χ3v) is 4.58. The average Bonchev–Trinajstić information content (AvgIpc) is 2.73. The molecule has 0 saturated carbocycles. The Balaban J connectivity index is 2.40. The number of ether oxygens (including phenoxy) is 1. The molecule has 1 atom stereocenters. The van der Waals surface area contributed by atoms with E-state index in [0.29, 0.717) is 30.7 Å². The van der Waals surface area contributed by atoms with E-state index in [1.54, 1.807) is 31.2 Å². The van der Waals surface area contributed by atoms with Gasteiger partial charge >= 0.3 is 5.69 Å². The number of nitrogens with two attached hydrogens (primary N) is 1. The van der Waals surface area contributed by atoms with E-state index in [2.05, 4.69) is 4.98 Å². The Kier molecular flexibility index (Phi) is 7.81. The molecule has 2 rings (SSSR count). The van der Waals surface area contributed by atoms with Crippen LogP contribution < -0.4 is 26.6 Å². The lowest BCUT2D eigenvalue weighted by Gasteiger charge is -2.27. The molecule has 0 fully saturated rings. The van der Waals surface area contributed by atoms with Crippen LogP contribution in [0.1, 0.15) is 45.6 Å². The van der Waals surface area contributed by atoms with Crippen LogP contribution in [0.4, 0.5) is 11.5 Å². The second-order valence-electron chi connectivity index (χ2n) is 6.88. The van der Waals surface area contributed by atoms with Gasteiger partial charge < -0.3 is 15.4 Å². The molecular formula is C21H27N5O4. The minimum atomic E-state index is -0.917. The first kappa shape index (κ1) is 22.7. The summed E-state index contributed by atoms with van der Waals surface area (Å²) in [6, 6.07) is 8.39. The number of hydrogen-bond acceptors (Lipinski definition) is 6. The number of nitrogen functional groups attached to an aromatic ring is 1. The van der Waals surface area contributed by atoms with E-state index in [-0.39, 0.29) is 18.1 Å². The molecule has 9 heteroatoms. The first-order valence-corrected chi connectivity index (χ1v) is 9.94. The van der Waals surface area contributed by atoms with Crippen molar-refractivity contribution in [1.29, 1.82) is 5.26 Å². The monoisotopic (exact) mass is 413 g/mol. The fourth-order valence-electron chi connectivity index (χ4n) is 3.01. The van der Waals surface area contributed by atoms with Gasteiger partial charge in [-0.2, -0.15) is 5.26 Å². The van der Waals surface area contributed by atoms with Crippen LogP contribution in [0.15, 0.2) is 33.9 Å². The Morgan fingerprint density at radius 2 is 1.93 bits per heavy atom. The van der Waals surface area contributed by atoms with Crippen molar-refractivity contribution in [3.63, 3.8) is 0 Å². The molecule has 0 radical (unpaired) electrons. The number of carbonyl (C=O) groups is 1. The van der Waals surface area contributed by atoms with Crippen molar-refractivity contribution < 1.29 is 9.53 Å². The Morgan fingerprint density at radius 1 is 1.27 bits per heavy atom. The maximum absolute atomic E-state index is 13.2. The number of H-pyrrole nitrogens is 1. The lowest BCUT2D eigenvalue weighted by Crippen LogP contribution is -2.46. The van der Waals surface area contributed by atoms with E-state index in [9.17, 15) is 14.4 Å². The molecule has 0 bridgehead atoms. The molecule has 1 aromatic carbocycles. The molecule has 3 N–H and O–H groups in total. The van der Waals surface area contributed by atoms with E-state index in [1.807, 2.05) is 19.9 Å². The van der Waals surface area contributed by atoms with Gasteiger partial charge in [0.05, 0.1) is 11.6 Å². The summed E-state index contributed by atoms with van der Waals surface area (Å²) in [7, 11) is 0. The Hall–Kier alpha value is -3.54. The van der Waals surface area contributed by atoms with E-state index in [0.717, 1.165) is 6.42 Å². The first-order chi connectivity index (χ1) is 14.3. The van der Waals surface area contributed by atoms with Gasteiger partial charge in [-0.15, -0.1) is 0 Å². The van der Waals surface area contributed by atoms with Crippen LogP contribution in [0, 0.1) is 11.3 Å². The standard InChI is InChI=1S/C21H27N5O4/c1-4-6-12-25(17-18(23)26(11-5-2)21(29)24-19(17)27)20(28)14(3)30-16-9-7-15(13-22)8-10-16/h7-10,14H,4-6,11-12,23H2,1-3H3,(H,24,27,29)/t14-/m1/s1. The van der Waals surface area contributed by atoms with Crippen molar-refractivity contribution in [1.82, 2.24) is 9.55 Å². The molecule has 160 valence electrons. The lowest BCUT2D eigenvalue weighted by molar-refractivity contribution is -0.124. The molecule has 9 nitrogen and oxygen atoms in total. The van der Waals surface area contributed by atoms with Gasteiger partial charge in [0, 0.05) is 13.1 Å². The number of anilines is 2. The number of hydrogen-bond donors (Lipinski definition) is 2. The maximum atomic E-state index is 13.2. The second kappa shape index (κ2) is 10.3. The Morgan fingerprint density at radius 3 is 2.50 bits per heavy atom. The molecule has 0 aliphatic heterocycles. The van der Waals surface area contributed by atoms with Crippen molar-refractivity contribution in [2.75, 3.05) is 17.2 Å². The molecule has 0 aliphatic carbocycles. The quantitative estimate of drug-likeness (QED) is 0.646. The van der Waals surface area contributed by atoms with Gasteiger partial charge in [0.2, 0.25) is 0 Å². The zero-order valence-electron chi connectivity index (χ0n) is 17.5. The van der Waals surface area contributed by atoms with Gasteiger partial charge in [-0.05, 0) is 44.0 Å². The molecule has 30 heavy (non-hydrogen) atoms. The highest BCUT2D eigenvalue weighted by Gasteiger charge is 2.28. The number of nitrogens with zero attached hydrogens (tertiary/aromatic N) is 3. The summed E-state index contributed by atoms with van der Waals surface area (Å²) in [6.45, 7) is 6.00. The van der Waals surface area contributed by atoms with Crippen LogP contribution in [0.25, 0.3) is 0 Å². The molecule has 0 aliphatic rings. The number of benzene rings is 1. The van der Waals surface area contributed by atoms with Crippen molar-refractivity contribution in [2.45, 2.75) is 52.7 Å². The third-order valence-electron chi connectivity index (χ3n) is 4.58. The SMILES string of the molecule is CCCCN(C(=O)[C@@H](C)Oc1ccc(C#N)cc1)c1c(N)n(CCC)c(=O)[nH]c1=O. The summed E-state index contributed by atoms with van der Waals surface area (Å²) < 4.78 is 6.98. The van der Waals surface area contributed by atoms with Crippen molar-refractivity contribution >= 4 is 17.4 Å². The number of aromatic nitrogens is 2. The summed E-state index contributed by atoms with van der Waals surface area (Å²) in [5.74, 6) is -0.0736. The highest BCUT2D eigenvalue weighted by molar-refractivity contribution is 5.98. The number of amides is 1. The Labute approximate surface area is 174 Å².